The van der Waals surface area contributed by atoms with Gasteiger partial charge in [0.2, 0.25) is 5.91 Å². The Kier molecular flexibility index (Phi) is 6.94. The van der Waals surface area contributed by atoms with Gasteiger partial charge in [-0.3, -0.25) is 4.79 Å². The van der Waals surface area contributed by atoms with E-state index < -0.39 is 11.1 Å². The molecule has 2 unspecified atom stereocenters. The zero-order valence-electron chi connectivity index (χ0n) is 17.1. The molecule has 0 saturated carbocycles. The van der Waals surface area contributed by atoms with E-state index in [1.54, 1.807) is 30.7 Å². The number of hydrogen-bond acceptors (Lipinski definition) is 6. The van der Waals surface area contributed by atoms with Crippen LogP contribution in [0.4, 0.5) is 10.1 Å². The number of methoxy groups -OCH3 is 1. The summed E-state index contributed by atoms with van der Waals surface area (Å²) in [5.41, 5.74) is 0.148. The van der Waals surface area contributed by atoms with Gasteiger partial charge < -0.3 is 19.4 Å². The molecule has 0 radical (unpaired) electrons. The summed E-state index contributed by atoms with van der Waals surface area (Å²) in [6.45, 7) is 3.60. The van der Waals surface area contributed by atoms with E-state index in [9.17, 15) is 9.18 Å². The lowest BCUT2D eigenvalue weighted by Gasteiger charge is -2.15. The standard InChI is InChI=1S/C21H23FN4O3S/c1-13(29-16-11-9-15(28-4)10-12-16)19-24-25-21(26(19)3)30-14(2)20(27)23-18-8-6-5-7-17(18)22/h5-14H,1-4H3,(H,23,27). The van der Waals surface area contributed by atoms with E-state index >= 15 is 0 Å². The Hall–Kier alpha value is -3.07. The molecule has 30 heavy (non-hydrogen) atoms. The highest BCUT2D eigenvalue weighted by Crippen LogP contribution is 2.27. The van der Waals surface area contributed by atoms with E-state index in [0.717, 1.165) is 5.75 Å². The zero-order chi connectivity index (χ0) is 21.7. The first-order valence-electron chi connectivity index (χ1n) is 9.31. The number of anilines is 1. The van der Waals surface area contributed by atoms with Crippen molar-refractivity contribution in [3.8, 4) is 11.5 Å². The Morgan fingerprint density at radius 1 is 1.10 bits per heavy atom. The predicted molar refractivity (Wildman–Crippen MR) is 113 cm³/mol. The van der Waals surface area contributed by atoms with Gasteiger partial charge in [-0.2, -0.15) is 0 Å². The SMILES string of the molecule is COc1ccc(OC(C)c2nnc(SC(C)C(=O)Nc3ccccc3F)n2C)cc1. The van der Waals surface area contributed by atoms with Gasteiger partial charge in [-0.15, -0.1) is 10.2 Å². The van der Waals surface area contributed by atoms with Crippen molar-refractivity contribution in [3.63, 3.8) is 0 Å². The highest BCUT2D eigenvalue weighted by molar-refractivity contribution is 8.00. The van der Waals surface area contributed by atoms with Crippen molar-refractivity contribution >= 4 is 23.4 Å². The number of ether oxygens (including phenoxy) is 2. The van der Waals surface area contributed by atoms with Crippen LogP contribution in [-0.2, 0) is 11.8 Å². The number of benzene rings is 2. The topological polar surface area (TPSA) is 78.3 Å². The number of amides is 1. The van der Waals surface area contributed by atoms with Crippen LogP contribution in [0, 0.1) is 5.82 Å². The summed E-state index contributed by atoms with van der Waals surface area (Å²) in [7, 11) is 3.42. The molecule has 9 heteroatoms. The first-order valence-corrected chi connectivity index (χ1v) is 10.2. The van der Waals surface area contributed by atoms with E-state index in [-0.39, 0.29) is 17.7 Å². The number of para-hydroxylation sites is 1. The molecule has 3 aromatic rings. The Morgan fingerprint density at radius 2 is 1.77 bits per heavy atom. The van der Waals surface area contributed by atoms with Crippen LogP contribution < -0.4 is 14.8 Å². The van der Waals surface area contributed by atoms with E-state index in [1.807, 2.05) is 38.2 Å². The maximum absolute atomic E-state index is 13.7. The molecule has 0 bridgehead atoms. The van der Waals surface area contributed by atoms with Gasteiger partial charge in [-0.05, 0) is 50.2 Å². The third-order valence-electron chi connectivity index (χ3n) is 4.39. The predicted octanol–water partition coefficient (Wildman–Crippen LogP) is 4.22. The second-order valence-corrected chi connectivity index (χ2v) is 7.87. The van der Waals surface area contributed by atoms with Gasteiger partial charge in [-0.25, -0.2) is 4.39 Å². The first-order chi connectivity index (χ1) is 14.4. The lowest BCUT2D eigenvalue weighted by Crippen LogP contribution is -2.23. The van der Waals surface area contributed by atoms with E-state index in [0.29, 0.717) is 16.7 Å². The van der Waals surface area contributed by atoms with Gasteiger partial charge in [-0.1, -0.05) is 23.9 Å². The monoisotopic (exact) mass is 430 g/mol. The molecule has 0 spiro atoms. The third kappa shape index (κ3) is 5.10. The summed E-state index contributed by atoms with van der Waals surface area (Å²) in [5, 5.41) is 11.0. The van der Waals surface area contributed by atoms with Gasteiger partial charge in [0.25, 0.3) is 0 Å². The van der Waals surface area contributed by atoms with Crippen molar-refractivity contribution < 1.29 is 18.7 Å². The maximum Gasteiger partial charge on any atom is 0.237 e. The Morgan fingerprint density at radius 3 is 2.43 bits per heavy atom. The van der Waals surface area contributed by atoms with E-state index in [1.165, 1.54) is 23.9 Å². The van der Waals surface area contributed by atoms with Crippen molar-refractivity contribution in [2.45, 2.75) is 30.4 Å². The van der Waals surface area contributed by atoms with Crippen LogP contribution in [0.5, 0.6) is 11.5 Å². The van der Waals surface area contributed by atoms with Crippen molar-refractivity contribution in [2.75, 3.05) is 12.4 Å². The molecule has 1 N–H and O–H groups in total. The molecule has 0 saturated heterocycles. The van der Waals surface area contributed by atoms with Crippen LogP contribution in [0.2, 0.25) is 0 Å². The summed E-state index contributed by atoms with van der Waals surface area (Å²) >= 11 is 1.24. The fourth-order valence-corrected chi connectivity index (χ4v) is 3.52. The molecule has 2 atom stereocenters. The molecular weight excluding hydrogens is 407 g/mol. The second-order valence-electron chi connectivity index (χ2n) is 6.56. The number of carbonyl (C=O) groups excluding carboxylic acids is 1. The summed E-state index contributed by atoms with van der Waals surface area (Å²) in [6.07, 6.45) is -0.354. The largest absolute Gasteiger partial charge is 0.497 e. The minimum Gasteiger partial charge on any atom is -0.497 e. The minimum atomic E-state index is -0.502. The molecule has 0 aliphatic rings. The molecule has 1 heterocycles. The lowest BCUT2D eigenvalue weighted by atomic mass is 10.3. The number of carbonyl (C=O) groups is 1. The lowest BCUT2D eigenvalue weighted by molar-refractivity contribution is -0.115. The summed E-state index contributed by atoms with van der Waals surface area (Å²) in [6, 6.07) is 13.3. The van der Waals surface area contributed by atoms with Gasteiger partial charge >= 0.3 is 0 Å². The number of rotatable bonds is 8. The average molecular weight is 431 g/mol. The van der Waals surface area contributed by atoms with Crippen LogP contribution in [0.15, 0.2) is 53.7 Å². The number of hydrogen-bond donors (Lipinski definition) is 1. The molecule has 7 nitrogen and oxygen atoms in total. The van der Waals surface area contributed by atoms with Gasteiger partial charge in [0.05, 0.1) is 18.0 Å². The Balaban J connectivity index is 1.63. The second kappa shape index (κ2) is 9.62. The van der Waals surface area contributed by atoms with Crippen molar-refractivity contribution in [3.05, 3.63) is 60.2 Å². The van der Waals surface area contributed by atoms with Crippen LogP contribution in [0.1, 0.15) is 25.8 Å². The van der Waals surface area contributed by atoms with Crippen LogP contribution >= 0.6 is 11.8 Å². The molecule has 0 fully saturated rings. The summed E-state index contributed by atoms with van der Waals surface area (Å²) < 4.78 is 26.6. The number of thioether (sulfide) groups is 1. The number of aromatic nitrogens is 3. The van der Waals surface area contributed by atoms with Gasteiger partial charge in [0, 0.05) is 7.05 Å². The molecular formula is C21H23FN4O3S. The van der Waals surface area contributed by atoms with Crippen molar-refractivity contribution in [1.82, 2.24) is 14.8 Å². The average Bonchev–Trinajstić information content (AvgIpc) is 3.10. The summed E-state index contributed by atoms with van der Waals surface area (Å²) in [4.78, 5) is 12.4. The van der Waals surface area contributed by atoms with Gasteiger partial charge in [0.15, 0.2) is 17.1 Å². The van der Waals surface area contributed by atoms with Crippen molar-refractivity contribution in [2.24, 2.45) is 7.05 Å². The Bertz CT molecular complexity index is 1010. The highest BCUT2D eigenvalue weighted by Gasteiger charge is 2.22. The minimum absolute atomic E-state index is 0.148. The Labute approximate surface area is 178 Å². The number of halogens is 1. The highest BCUT2D eigenvalue weighted by atomic mass is 32.2. The van der Waals surface area contributed by atoms with Crippen molar-refractivity contribution in [1.29, 1.82) is 0 Å². The maximum atomic E-state index is 13.7. The van der Waals surface area contributed by atoms with Crippen LogP contribution in [0.3, 0.4) is 0 Å². The van der Waals surface area contributed by atoms with Gasteiger partial charge in [0.1, 0.15) is 17.3 Å². The molecule has 3 rings (SSSR count). The molecule has 2 aromatic carbocycles. The quantitative estimate of drug-likeness (QED) is 0.539. The fraction of sp³-hybridized carbons (Fsp3) is 0.286. The number of nitrogens with one attached hydrogen (secondary N) is 1. The molecule has 1 aromatic heterocycles. The molecule has 158 valence electrons. The number of nitrogens with zero attached hydrogens (tertiary/aromatic N) is 3. The smallest absolute Gasteiger partial charge is 0.237 e. The van der Waals surface area contributed by atoms with E-state index in [4.69, 9.17) is 9.47 Å². The van der Waals surface area contributed by atoms with Crippen LogP contribution in [-0.4, -0.2) is 33.0 Å². The first kappa shape index (κ1) is 21.6. The zero-order valence-corrected chi connectivity index (χ0v) is 17.9. The third-order valence-corrected chi connectivity index (χ3v) is 5.52. The molecule has 0 aliphatic heterocycles. The molecule has 1 amide bonds. The summed E-state index contributed by atoms with van der Waals surface area (Å²) in [5.74, 6) is 1.24. The molecule has 0 aliphatic carbocycles. The van der Waals surface area contributed by atoms with E-state index in [2.05, 4.69) is 15.5 Å². The fourth-order valence-electron chi connectivity index (χ4n) is 2.70. The van der Waals surface area contributed by atoms with Crippen LogP contribution in [0.25, 0.3) is 0 Å². The normalized spacial score (nSPS) is 12.8.